The van der Waals surface area contributed by atoms with Crippen LogP contribution in [0.1, 0.15) is 44.9 Å². The Bertz CT molecular complexity index is 1560. The van der Waals surface area contributed by atoms with Gasteiger partial charge in [-0.25, -0.2) is 9.79 Å². The lowest BCUT2D eigenvalue weighted by atomic mass is 9.97. The van der Waals surface area contributed by atoms with E-state index in [0.29, 0.717) is 45.4 Å². The quantitative estimate of drug-likeness (QED) is 0.339. The summed E-state index contributed by atoms with van der Waals surface area (Å²) in [7, 11) is 1.30. The highest BCUT2D eigenvalue weighted by molar-refractivity contribution is 9.10. The van der Waals surface area contributed by atoms with Crippen molar-refractivity contribution in [3.63, 3.8) is 0 Å². The first-order valence-corrected chi connectivity index (χ1v) is 13.8. The van der Waals surface area contributed by atoms with Gasteiger partial charge >= 0.3 is 5.97 Å². The molecule has 0 saturated heterocycles. The summed E-state index contributed by atoms with van der Waals surface area (Å²) in [6, 6.07) is 10.3. The van der Waals surface area contributed by atoms with Gasteiger partial charge < -0.3 is 18.9 Å². The molecule has 0 unspecified atom stereocenters. The molecule has 2 heterocycles. The van der Waals surface area contributed by atoms with E-state index in [9.17, 15) is 9.59 Å². The van der Waals surface area contributed by atoms with Gasteiger partial charge in [-0.15, -0.1) is 0 Å². The Kier molecular flexibility index (Phi) is 8.73. The molecule has 10 heteroatoms. The average Bonchev–Trinajstić information content (AvgIpc) is 3.20. The van der Waals surface area contributed by atoms with E-state index in [0.717, 1.165) is 10.0 Å². The van der Waals surface area contributed by atoms with Crippen LogP contribution in [0.3, 0.4) is 0 Å². The van der Waals surface area contributed by atoms with E-state index in [1.54, 1.807) is 18.2 Å². The van der Waals surface area contributed by atoms with E-state index < -0.39 is 12.0 Å². The van der Waals surface area contributed by atoms with Crippen LogP contribution in [-0.2, 0) is 9.53 Å². The maximum atomic E-state index is 13.9. The van der Waals surface area contributed by atoms with Crippen LogP contribution in [0.25, 0.3) is 6.08 Å². The summed E-state index contributed by atoms with van der Waals surface area (Å²) in [5, 5.41) is 0. The van der Waals surface area contributed by atoms with Crippen LogP contribution in [0.2, 0.25) is 0 Å². The monoisotopic (exact) mass is 600 g/mol. The molecule has 2 aromatic carbocycles. The highest BCUT2D eigenvalue weighted by Gasteiger charge is 2.31. The standard InChI is InChI=1S/C28H29BrN2O6S/c1-6-35-22-10-8-17(13-23(22)36-7-2)25-20(27(33)34-5)15-30-28-31(25)26(32)24(38-28)14-18-12-19(29)9-11-21(18)37-16(3)4/h8-16,25H,6-7H2,1-5H3/b24-14+/t25-/m0/s1. The molecule has 8 nitrogen and oxygen atoms in total. The number of carbonyl (C=O) groups excluding carboxylic acids is 1. The molecular formula is C28H29BrN2O6S. The van der Waals surface area contributed by atoms with Gasteiger partial charge in [0.05, 0.1) is 42.6 Å². The van der Waals surface area contributed by atoms with Crippen LogP contribution in [0.5, 0.6) is 17.2 Å². The minimum atomic E-state index is -0.760. The third-order valence-corrected chi connectivity index (χ3v) is 7.12. The van der Waals surface area contributed by atoms with Crippen molar-refractivity contribution >= 4 is 39.3 Å². The molecular weight excluding hydrogens is 572 g/mol. The fourth-order valence-corrected chi connectivity index (χ4v) is 5.46. The molecule has 0 aliphatic carbocycles. The Hall–Kier alpha value is -3.37. The maximum Gasteiger partial charge on any atom is 0.337 e. The van der Waals surface area contributed by atoms with Crippen molar-refractivity contribution in [2.45, 2.75) is 39.8 Å². The van der Waals surface area contributed by atoms with Gasteiger partial charge in [0, 0.05) is 16.2 Å². The van der Waals surface area contributed by atoms with Gasteiger partial charge in [0.15, 0.2) is 16.3 Å². The smallest absolute Gasteiger partial charge is 0.337 e. The largest absolute Gasteiger partial charge is 0.490 e. The number of carbonyl (C=O) groups is 1. The predicted octanol–water partition coefficient (Wildman–Crippen LogP) is 4.37. The van der Waals surface area contributed by atoms with Gasteiger partial charge in [-0.1, -0.05) is 33.3 Å². The lowest BCUT2D eigenvalue weighted by Crippen LogP contribution is -2.39. The molecule has 3 aromatic rings. The molecule has 1 aliphatic rings. The van der Waals surface area contributed by atoms with Gasteiger partial charge in [-0.3, -0.25) is 9.36 Å². The van der Waals surface area contributed by atoms with Gasteiger partial charge in [0.1, 0.15) is 5.75 Å². The van der Waals surface area contributed by atoms with Crippen molar-refractivity contribution in [1.29, 1.82) is 0 Å². The number of thiazole rings is 1. The average molecular weight is 602 g/mol. The Morgan fingerprint density at radius 2 is 1.82 bits per heavy atom. The minimum absolute atomic E-state index is 0.0358. The maximum absolute atomic E-state index is 13.9. The van der Waals surface area contributed by atoms with Crippen molar-refractivity contribution < 1.29 is 23.7 Å². The SMILES string of the molecule is CCOc1ccc([C@H]2C(C(=O)OC)=CN=c3s/c(=C/c4cc(Br)ccc4OC(C)C)c(=O)n32)cc1OCC. The first-order chi connectivity index (χ1) is 18.3. The molecule has 0 saturated carbocycles. The van der Waals surface area contributed by atoms with Crippen LogP contribution < -0.4 is 29.1 Å². The summed E-state index contributed by atoms with van der Waals surface area (Å²) < 4.78 is 25.3. The number of methoxy groups -OCH3 is 1. The molecule has 0 radical (unpaired) electrons. The van der Waals surface area contributed by atoms with Crippen LogP contribution >= 0.6 is 27.3 Å². The first kappa shape index (κ1) is 27.7. The number of hydrogen-bond donors (Lipinski definition) is 0. The number of fused-ring (bicyclic) bond motifs is 1. The lowest BCUT2D eigenvalue weighted by Gasteiger charge is -2.23. The third-order valence-electron chi connectivity index (χ3n) is 5.63. The fraction of sp³-hybridized carbons (Fsp3) is 0.321. The molecule has 200 valence electrons. The Labute approximate surface area is 233 Å². The van der Waals surface area contributed by atoms with Gasteiger partial charge in [-0.2, -0.15) is 0 Å². The van der Waals surface area contributed by atoms with E-state index in [-0.39, 0.29) is 17.2 Å². The van der Waals surface area contributed by atoms with E-state index in [2.05, 4.69) is 20.9 Å². The fourth-order valence-electron chi connectivity index (χ4n) is 4.12. The minimum Gasteiger partial charge on any atom is -0.490 e. The summed E-state index contributed by atoms with van der Waals surface area (Å²) in [5.41, 5.74) is 1.38. The number of hydrogen-bond acceptors (Lipinski definition) is 8. The molecule has 38 heavy (non-hydrogen) atoms. The number of rotatable bonds is 9. The number of nitrogens with zero attached hydrogens (tertiary/aromatic N) is 2. The molecule has 1 aromatic heterocycles. The summed E-state index contributed by atoms with van der Waals surface area (Å²) in [4.78, 5) is 31.5. The Morgan fingerprint density at radius 1 is 1.11 bits per heavy atom. The molecule has 0 fully saturated rings. The Morgan fingerprint density at radius 3 is 2.50 bits per heavy atom. The molecule has 0 bridgehead atoms. The molecule has 0 N–H and O–H groups in total. The third kappa shape index (κ3) is 5.71. The first-order valence-electron chi connectivity index (χ1n) is 12.2. The number of ether oxygens (including phenoxy) is 4. The topological polar surface area (TPSA) is 88.4 Å². The van der Waals surface area contributed by atoms with Crippen molar-refractivity contribution in [1.82, 2.24) is 4.57 Å². The van der Waals surface area contributed by atoms with Gasteiger partial charge in [-0.05, 0) is 69.7 Å². The summed E-state index contributed by atoms with van der Waals surface area (Å²) in [6.45, 7) is 8.57. The second-order valence-electron chi connectivity index (χ2n) is 8.60. The molecule has 0 spiro atoms. The van der Waals surface area contributed by atoms with Crippen molar-refractivity contribution in [3.8, 4) is 17.2 Å². The second-order valence-corrected chi connectivity index (χ2v) is 10.5. The van der Waals surface area contributed by atoms with Crippen molar-refractivity contribution in [2.24, 2.45) is 4.99 Å². The number of esters is 1. The van der Waals surface area contributed by atoms with Crippen molar-refractivity contribution in [2.75, 3.05) is 20.3 Å². The zero-order valence-electron chi connectivity index (χ0n) is 21.8. The summed E-state index contributed by atoms with van der Waals surface area (Å²) in [6.07, 6.45) is 3.22. The van der Waals surface area contributed by atoms with E-state index >= 15 is 0 Å². The summed E-state index contributed by atoms with van der Waals surface area (Å²) >= 11 is 4.74. The van der Waals surface area contributed by atoms with E-state index in [1.165, 1.54) is 29.2 Å². The second kappa shape index (κ2) is 12.0. The zero-order valence-corrected chi connectivity index (χ0v) is 24.2. The van der Waals surface area contributed by atoms with Gasteiger partial charge in [0.2, 0.25) is 0 Å². The van der Waals surface area contributed by atoms with Crippen LogP contribution in [0.15, 0.2) is 62.4 Å². The zero-order chi connectivity index (χ0) is 27.4. The highest BCUT2D eigenvalue weighted by Crippen LogP contribution is 2.35. The van der Waals surface area contributed by atoms with Gasteiger partial charge in [0.25, 0.3) is 5.56 Å². The van der Waals surface area contributed by atoms with Crippen LogP contribution in [0.4, 0.5) is 0 Å². The lowest BCUT2D eigenvalue weighted by molar-refractivity contribution is -0.136. The molecule has 1 atom stereocenters. The molecule has 0 amide bonds. The van der Waals surface area contributed by atoms with Crippen LogP contribution in [-0.4, -0.2) is 37.0 Å². The molecule has 1 aliphatic heterocycles. The van der Waals surface area contributed by atoms with E-state index in [4.69, 9.17) is 18.9 Å². The van der Waals surface area contributed by atoms with Crippen LogP contribution in [0, 0.1) is 0 Å². The van der Waals surface area contributed by atoms with E-state index in [1.807, 2.05) is 52.0 Å². The Balaban J connectivity index is 1.91. The highest BCUT2D eigenvalue weighted by atomic mass is 79.9. The summed E-state index contributed by atoms with van der Waals surface area (Å²) in [5.74, 6) is 1.20. The number of aromatic nitrogens is 1. The normalized spacial score (nSPS) is 15.0. The number of halogens is 1. The predicted molar refractivity (Wildman–Crippen MR) is 150 cm³/mol. The molecule has 4 rings (SSSR count). The van der Waals surface area contributed by atoms with Crippen molar-refractivity contribution in [3.05, 3.63) is 83.5 Å². The number of benzene rings is 2.